The van der Waals surface area contributed by atoms with Gasteiger partial charge in [0.1, 0.15) is 0 Å². The maximum Gasteiger partial charge on any atom is 0.305 e. The molecule has 96 valence electrons. The second-order valence-electron chi connectivity index (χ2n) is 3.71. The Morgan fingerprint density at radius 1 is 1.22 bits per heavy atom. The molecule has 0 aliphatic rings. The van der Waals surface area contributed by atoms with Gasteiger partial charge in [0.15, 0.2) is 5.78 Å². The molecule has 0 unspecified atom stereocenters. The highest BCUT2D eigenvalue weighted by Gasteiger charge is 2.08. The van der Waals surface area contributed by atoms with E-state index in [1.807, 2.05) is 24.3 Å². The number of ketones is 1. The van der Waals surface area contributed by atoms with E-state index in [1.54, 1.807) is 12.1 Å². The van der Waals surface area contributed by atoms with E-state index < -0.39 is 0 Å². The molecule has 4 heteroatoms. The zero-order chi connectivity index (χ0) is 13.4. The fourth-order valence-corrected chi connectivity index (χ4v) is 1.54. The molecule has 0 saturated carbocycles. The lowest BCUT2D eigenvalue weighted by Crippen LogP contribution is -2.05. The summed E-state index contributed by atoms with van der Waals surface area (Å²) < 4.78 is 4.49. The van der Waals surface area contributed by atoms with Crippen LogP contribution >= 0.6 is 12.6 Å². The highest BCUT2D eigenvalue weighted by Crippen LogP contribution is 2.10. The van der Waals surface area contributed by atoms with Gasteiger partial charge in [-0.25, -0.2) is 0 Å². The molecule has 0 atom stereocenters. The van der Waals surface area contributed by atoms with Gasteiger partial charge in [-0.1, -0.05) is 36.4 Å². The Kier molecular flexibility index (Phi) is 6.22. The maximum absolute atomic E-state index is 11.8. The second-order valence-corrected chi connectivity index (χ2v) is 4.07. The predicted molar refractivity (Wildman–Crippen MR) is 74.9 cm³/mol. The number of ether oxygens (including phenoxy) is 1. The van der Waals surface area contributed by atoms with E-state index in [-0.39, 0.29) is 24.6 Å². The number of rotatable bonds is 6. The van der Waals surface area contributed by atoms with Gasteiger partial charge >= 0.3 is 5.97 Å². The van der Waals surface area contributed by atoms with Crippen LogP contribution in [-0.4, -0.2) is 24.6 Å². The minimum atomic E-state index is -0.364. The Hall–Kier alpha value is -1.55. The molecule has 0 aromatic heterocycles. The molecule has 0 bridgehead atoms. The normalized spacial score (nSPS) is 10.6. The van der Waals surface area contributed by atoms with Gasteiger partial charge in [0, 0.05) is 17.7 Å². The van der Waals surface area contributed by atoms with Crippen LogP contribution in [0.1, 0.15) is 28.8 Å². The van der Waals surface area contributed by atoms with Crippen LogP contribution in [0.3, 0.4) is 0 Å². The number of hydrogen-bond donors (Lipinski definition) is 1. The van der Waals surface area contributed by atoms with Crippen molar-refractivity contribution in [2.75, 3.05) is 12.9 Å². The van der Waals surface area contributed by atoms with Crippen LogP contribution in [0.25, 0.3) is 6.08 Å². The molecule has 0 saturated heterocycles. The number of hydrogen-bond acceptors (Lipinski definition) is 4. The monoisotopic (exact) mass is 264 g/mol. The zero-order valence-electron chi connectivity index (χ0n) is 10.3. The van der Waals surface area contributed by atoms with Gasteiger partial charge < -0.3 is 4.74 Å². The number of carbonyl (C=O) groups excluding carboxylic acids is 2. The van der Waals surface area contributed by atoms with Gasteiger partial charge in [-0.3, -0.25) is 9.59 Å². The van der Waals surface area contributed by atoms with E-state index in [0.29, 0.717) is 11.3 Å². The van der Waals surface area contributed by atoms with Crippen molar-refractivity contribution in [2.45, 2.75) is 12.8 Å². The number of thiol groups is 1. The molecule has 0 aliphatic heterocycles. The summed E-state index contributed by atoms with van der Waals surface area (Å²) in [5, 5.41) is 0. The van der Waals surface area contributed by atoms with Crippen molar-refractivity contribution in [3.8, 4) is 0 Å². The molecule has 1 aromatic carbocycles. The van der Waals surface area contributed by atoms with Gasteiger partial charge in [0.25, 0.3) is 0 Å². The summed E-state index contributed by atoms with van der Waals surface area (Å²) >= 11 is 4.08. The van der Waals surface area contributed by atoms with Crippen LogP contribution in [0.5, 0.6) is 0 Å². The average molecular weight is 264 g/mol. The Morgan fingerprint density at radius 2 is 1.89 bits per heavy atom. The minimum Gasteiger partial charge on any atom is -0.469 e. The number of methoxy groups -OCH3 is 1. The lowest BCUT2D eigenvalue weighted by molar-refractivity contribution is -0.140. The highest BCUT2D eigenvalue weighted by atomic mass is 32.1. The molecule has 0 radical (unpaired) electrons. The van der Waals surface area contributed by atoms with Crippen LogP contribution in [0, 0.1) is 0 Å². The van der Waals surface area contributed by atoms with Crippen molar-refractivity contribution in [2.24, 2.45) is 0 Å². The molecular formula is C14H16O3S. The van der Waals surface area contributed by atoms with E-state index in [9.17, 15) is 9.59 Å². The topological polar surface area (TPSA) is 43.4 Å². The molecular weight excluding hydrogens is 248 g/mol. The first kappa shape index (κ1) is 14.5. The summed E-state index contributed by atoms with van der Waals surface area (Å²) in [6.07, 6.45) is 4.17. The third-order valence-corrected chi connectivity index (χ3v) is 2.64. The summed E-state index contributed by atoms with van der Waals surface area (Å²) in [6.45, 7) is 0. The van der Waals surface area contributed by atoms with Crippen molar-refractivity contribution < 1.29 is 14.3 Å². The fourth-order valence-electron chi connectivity index (χ4n) is 1.43. The Morgan fingerprint density at radius 3 is 2.44 bits per heavy atom. The summed E-state index contributed by atoms with van der Waals surface area (Å²) in [4.78, 5) is 22.7. The second kappa shape index (κ2) is 7.71. The van der Waals surface area contributed by atoms with Crippen LogP contribution in [0.15, 0.2) is 30.3 Å². The maximum atomic E-state index is 11.8. The molecule has 0 heterocycles. The van der Waals surface area contributed by atoms with Crippen LogP contribution in [0.4, 0.5) is 0 Å². The van der Waals surface area contributed by atoms with Gasteiger partial charge in [-0.15, -0.1) is 0 Å². The standard InChI is InChI=1S/C14H16O3S/c1-17-14(16)9-8-13(15)12-6-4-11(5-7-12)3-2-10-18/h2-7,18H,8-10H2,1H3. The third kappa shape index (κ3) is 4.75. The highest BCUT2D eigenvalue weighted by molar-refractivity contribution is 7.80. The van der Waals surface area contributed by atoms with Crippen molar-refractivity contribution >= 4 is 30.5 Å². The van der Waals surface area contributed by atoms with Gasteiger partial charge in [0.2, 0.25) is 0 Å². The summed E-state index contributed by atoms with van der Waals surface area (Å²) in [5.41, 5.74) is 1.63. The van der Waals surface area contributed by atoms with E-state index in [1.165, 1.54) is 7.11 Å². The predicted octanol–water partition coefficient (Wildman–Crippen LogP) is 2.77. The van der Waals surface area contributed by atoms with Crippen LogP contribution in [0.2, 0.25) is 0 Å². The van der Waals surface area contributed by atoms with Crippen LogP contribution in [-0.2, 0) is 9.53 Å². The van der Waals surface area contributed by atoms with E-state index >= 15 is 0 Å². The molecule has 1 aromatic rings. The van der Waals surface area contributed by atoms with Gasteiger partial charge in [0.05, 0.1) is 13.5 Å². The quantitative estimate of drug-likeness (QED) is 0.488. The van der Waals surface area contributed by atoms with Crippen molar-refractivity contribution in [3.05, 3.63) is 41.5 Å². The number of esters is 1. The first-order valence-electron chi connectivity index (χ1n) is 5.65. The molecule has 18 heavy (non-hydrogen) atoms. The number of carbonyl (C=O) groups is 2. The molecule has 0 spiro atoms. The van der Waals surface area contributed by atoms with E-state index in [4.69, 9.17) is 0 Å². The fraction of sp³-hybridized carbons (Fsp3) is 0.286. The molecule has 0 N–H and O–H groups in total. The molecule has 3 nitrogen and oxygen atoms in total. The smallest absolute Gasteiger partial charge is 0.305 e. The largest absolute Gasteiger partial charge is 0.469 e. The van der Waals surface area contributed by atoms with Crippen molar-refractivity contribution in [1.29, 1.82) is 0 Å². The number of Topliss-reactive ketones (excluding diaryl/α,β-unsaturated/α-hetero) is 1. The Bertz CT molecular complexity index is 435. The lowest BCUT2D eigenvalue weighted by Gasteiger charge is -2.01. The number of benzene rings is 1. The Labute approximate surface area is 112 Å². The summed E-state index contributed by atoms with van der Waals surface area (Å²) in [7, 11) is 1.31. The average Bonchev–Trinajstić information content (AvgIpc) is 2.42. The zero-order valence-corrected chi connectivity index (χ0v) is 11.2. The van der Waals surface area contributed by atoms with E-state index in [2.05, 4.69) is 17.4 Å². The molecule has 0 fully saturated rings. The first-order chi connectivity index (χ1) is 8.67. The summed E-state index contributed by atoms with van der Waals surface area (Å²) in [5.74, 6) is 0.265. The van der Waals surface area contributed by atoms with Gasteiger partial charge in [-0.05, 0) is 5.56 Å². The summed E-state index contributed by atoms with van der Waals surface area (Å²) in [6, 6.07) is 7.26. The SMILES string of the molecule is COC(=O)CCC(=O)c1ccc(C=CCS)cc1. The van der Waals surface area contributed by atoms with Crippen LogP contribution < -0.4 is 0 Å². The third-order valence-electron chi connectivity index (χ3n) is 2.43. The Balaban J connectivity index is 2.59. The molecule has 1 rings (SSSR count). The molecule has 0 amide bonds. The lowest BCUT2D eigenvalue weighted by atomic mass is 10.0. The first-order valence-corrected chi connectivity index (χ1v) is 6.28. The minimum absolute atomic E-state index is 0.0508. The van der Waals surface area contributed by atoms with Crippen molar-refractivity contribution in [1.82, 2.24) is 0 Å². The van der Waals surface area contributed by atoms with Crippen molar-refractivity contribution in [3.63, 3.8) is 0 Å². The van der Waals surface area contributed by atoms with E-state index in [0.717, 1.165) is 5.56 Å². The molecule has 0 aliphatic carbocycles. The van der Waals surface area contributed by atoms with Gasteiger partial charge in [-0.2, -0.15) is 12.6 Å².